The summed E-state index contributed by atoms with van der Waals surface area (Å²) in [7, 11) is 0. The highest BCUT2D eigenvalue weighted by atomic mass is 16.6. The molecule has 1 atom stereocenters. The molecule has 1 unspecified atom stereocenters. The molecule has 0 aromatic rings. The number of ether oxygens (including phenoxy) is 3. The van der Waals surface area contributed by atoms with Crippen molar-refractivity contribution in [3.63, 3.8) is 0 Å². The first-order valence-electron chi connectivity index (χ1n) is 26.1. The molecule has 0 fully saturated rings. The molecule has 0 amide bonds. The Balaban J connectivity index is 4.35. The lowest BCUT2D eigenvalue weighted by Crippen LogP contribution is -2.30. The van der Waals surface area contributed by atoms with Gasteiger partial charge in [0.1, 0.15) is 13.2 Å². The van der Waals surface area contributed by atoms with E-state index in [0.29, 0.717) is 19.3 Å². The summed E-state index contributed by atoms with van der Waals surface area (Å²) < 4.78 is 16.7. The van der Waals surface area contributed by atoms with E-state index in [1.807, 2.05) is 0 Å². The van der Waals surface area contributed by atoms with Crippen LogP contribution in [0.2, 0.25) is 0 Å². The third-order valence-corrected chi connectivity index (χ3v) is 10.9. The summed E-state index contributed by atoms with van der Waals surface area (Å²) in [6, 6.07) is 0. The van der Waals surface area contributed by atoms with Crippen molar-refractivity contribution < 1.29 is 28.6 Å². The molecular formula is C57H96O6. The third-order valence-electron chi connectivity index (χ3n) is 10.9. The first kappa shape index (κ1) is 59.6. The maximum absolute atomic E-state index is 12.8. The van der Waals surface area contributed by atoms with Crippen LogP contribution >= 0.6 is 0 Å². The fourth-order valence-corrected chi connectivity index (χ4v) is 6.97. The van der Waals surface area contributed by atoms with Gasteiger partial charge < -0.3 is 14.2 Å². The molecule has 6 heteroatoms. The van der Waals surface area contributed by atoms with Crippen LogP contribution in [0, 0.1) is 0 Å². The Labute approximate surface area is 388 Å². The monoisotopic (exact) mass is 877 g/mol. The highest BCUT2D eigenvalue weighted by Gasteiger charge is 2.19. The zero-order chi connectivity index (χ0) is 45.8. The van der Waals surface area contributed by atoms with Gasteiger partial charge in [0.15, 0.2) is 6.10 Å². The van der Waals surface area contributed by atoms with Gasteiger partial charge in [-0.2, -0.15) is 0 Å². The van der Waals surface area contributed by atoms with Crippen LogP contribution < -0.4 is 0 Å². The summed E-state index contributed by atoms with van der Waals surface area (Å²) in [5.74, 6) is -0.949. The lowest BCUT2D eigenvalue weighted by atomic mass is 10.1. The standard InChI is InChI=1S/C57H96O6/c1-4-7-10-13-16-18-20-22-24-26-27-28-29-31-32-34-36-38-41-44-47-50-56(59)62-53-54(52-61-55(58)49-46-43-40-15-12-9-6-3)63-57(60)51-48-45-42-39-37-35-33-30-25-23-21-19-17-14-11-8-5-2/h7,10,16,18,22-25,27-28,31-32,36,38,54H,4-6,8-9,11-15,17,19-21,26,29-30,33-35,37,39-53H2,1-3H3/b10-7-,18-16-,24-22-,25-23-,28-27-,32-31-,38-36-. The molecule has 0 aromatic heterocycles. The summed E-state index contributed by atoms with van der Waals surface area (Å²) >= 11 is 0. The van der Waals surface area contributed by atoms with Gasteiger partial charge in [-0.1, -0.05) is 209 Å². The van der Waals surface area contributed by atoms with E-state index in [-0.39, 0.29) is 31.1 Å². The molecule has 6 nitrogen and oxygen atoms in total. The maximum atomic E-state index is 12.8. The van der Waals surface area contributed by atoms with Crippen LogP contribution in [0.3, 0.4) is 0 Å². The van der Waals surface area contributed by atoms with E-state index in [1.165, 1.54) is 103 Å². The molecule has 0 saturated heterocycles. The van der Waals surface area contributed by atoms with Gasteiger partial charge in [0, 0.05) is 19.3 Å². The van der Waals surface area contributed by atoms with Crippen molar-refractivity contribution in [2.45, 2.75) is 245 Å². The quantitative estimate of drug-likeness (QED) is 0.0262. The van der Waals surface area contributed by atoms with Crippen molar-refractivity contribution in [1.82, 2.24) is 0 Å². The summed E-state index contributed by atoms with van der Waals surface area (Å²) in [5, 5.41) is 0. The molecule has 0 spiro atoms. The number of carbonyl (C=O) groups is 3. The third kappa shape index (κ3) is 49.5. The van der Waals surface area contributed by atoms with Crippen LogP contribution in [0.1, 0.15) is 239 Å². The van der Waals surface area contributed by atoms with Crippen LogP contribution in [-0.2, 0) is 28.6 Å². The minimum atomic E-state index is -0.793. The van der Waals surface area contributed by atoms with E-state index >= 15 is 0 Å². The molecule has 360 valence electrons. The fourth-order valence-electron chi connectivity index (χ4n) is 6.97. The smallest absolute Gasteiger partial charge is 0.306 e. The molecule has 0 bridgehead atoms. The predicted molar refractivity (Wildman–Crippen MR) is 270 cm³/mol. The summed E-state index contributed by atoms with van der Waals surface area (Å²) in [6.45, 7) is 6.43. The van der Waals surface area contributed by atoms with E-state index in [1.54, 1.807) is 0 Å². The number of allylic oxidation sites excluding steroid dienone is 14. The first-order valence-corrected chi connectivity index (χ1v) is 26.1. The van der Waals surface area contributed by atoms with Crippen LogP contribution in [-0.4, -0.2) is 37.2 Å². The van der Waals surface area contributed by atoms with Gasteiger partial charge in [0.05, 0.1) is 0 Å². The average molecular weight is 877 g/mol. The second-order valence-electron chi connectivity index (χ2n) is 17.1. The molecule has 0 rings (SSSR count). The molecule has 0 aliphatic carbocycles. The number of rotatable bonds is 46. The Bertz CT molecular complexity index is 1240. The Morgan fingerprint density at radius 1 is 0.333 bits per heavy atom. The van der Waals surface area contributed by atoms with E-state index < -0.39 is 6.10 Å². The van der Waals surface area contributed by atoms with Crippen molar-refractivity contribution in [3.8, 4) is 0 Å². The van der Waals surface area contributed by atoms with Crippen molar-refractivity contribution in [1.29, 1.82) is 0 Å². The van der Waals surface area contributed by atoms with Crippen molar-refractivity contribution in [2.24, 2.45) is 0 Å². The number of hydrogen-bond donors (Lipinski definition) is 0. The maximum Gasteiger partial charge on any atom is 0.306 e. The number of carbonyl (C=O) groups excluding carboxylic acids is 3. The van der Waals surface area contributed by atoms with Gasteiger partial charge in [-0.15, -0.1) is 0 Å². The molecular weight excluding hydrogens is 781 g/mol. The van der Waals surface area contributed by atoms with Crippen LogP contribution in [0.4, 0.5) is 0 Å². The molecule has 0 aliphatic rings. The SMILES string of the molecule is CC/C=C\C/C=C\C/C=C\C/C=C\C/C=C\C/C=C\CCCCC(=O)OCC(COC(=O)CCCCCCCCC)OC(=O)CCCCCCCCC/C=C\CCCCCCCC. The Kier molecular flexibility index (Phi) is 48.5. The van der Waals surface area contributed by atoms with Gasteiger partial charge in [-0.05, 0) is 96.3 Å². The lowest BCUT2D eigenvalue weighted by Gasteiger charge is -2.18. The lowest BCUT2D eigenvalue weighted by molar-refractivity contribution is -0.167. The summed E-state index contributed by atoms with van der Waals surface area (Å²) in [6.07, 6.45) is 65.8. The van der Waals surface area contributed by atoms with Gasteiger partial charge in [0.2, 0.25) is 0 Å². The zero-order valence-electron chi connectivity index (χ0n) is 41.1. The van der Waals surface area contributed by atoms with Gasteiger partial charge >= 0.3 is 17.9 Å². The molecule has 0 radical (unpaired) electrons. The second-order valence-corrected chi connectivity index (χ2v) is 17.1. The largest absolute Gasteiger partial charge is 0.462 e. The van der Waals surface area contributed by atoms with Crippen molar-refractivity contribution in [2.75, 3.05) is 13.2 Å². The van der Waals surface area contributed by atoms with E-state index in [4.69, 9.17) is 14.2 Å². The minimum absolute atomic E-state index is 0.0920. The van der Waals surface area contributed by atoms with Gasteiger partial charge in [0.25, 0.3) is 0 Å². The number of unbranched alkanes of at least 4 members (excludes halogenated alkanes) is 21. The highest BCUT2D eigenvalue weighted by Crippen LogP contribution is 2.14. The van der Waals surface area contributed by atoms with Crippen LogP contribution in [0.5, 0.6) is 0 Å². The second kappa shape index (κ2) is 51.2. The zero-order valence-corrected chi connectivity index (χ0v) is 41.1. The molecule has 0 aromatic carbocycles. The number of hydrogen-bond acceptors (Lipinski definition) is 6. The average Bonchev–Trinajstić information content (AvgIpc) is 3.28. The summed E-state index contributed by atoms with van der Waals surface area (Å²) in [5.41, 5.74) is 0. The predicted octanol–water partition coefficient (Wildman–Crippen LogP) is 17.2. The molecule has 0 heterocycles. The molecule has 0 N–H and O–H groups in total. The van der Waals surface area contributed by atoms with Crippen LogP contribution in [0.15, 0.2) is 85.1 Å². The first-order chi connectivity index (χ1) is 31.0. The number of esters is 3. The molecule has 0 saturated carbocycles. The topological polar surface area (TPSA) is 78.9 Å². The summed E-state index contributed by atoms with van der Waals surface area (Å²) in [4.78, 5) is 37.8. The van der Waals surface area contributed by atoms with Gasteiger partial charge in [-0.3, -0.25) is 14.4 Å². The van der Waals surface area contributed by atoms with E-state index in [0.717, 1.165) is 96.3 Å². The van der Waals surface area contributed by atoms with Gasteiger partial charge in [-0.25, -0.2) is 0 Å². The van der Waals surface area contributed by atoms with Crippen molar-refractivity contribution in [3.05, 3.63) is 85.1 Å². The van der Waals surface area contributed by atoms with E-state index in [9.17, 15) is 14.4 Å². The van der Waals surface area contributed by atoms with Crippen LogP contribution in [0.25, 0.3) is 0 Å². The van der Waals surface area contributed by atoms with Crippen molar-refractivity contribution >= 4 is 17.9 Å². The fraction of sp³-hybridized carbons (Fsp3) is 0.702. The normalized spacial score (nSPS) is 12.7. The molecule has 0 aliphatic heterocycles. The Morgan fingerprint density at radius 3 is 1.02 bits per heavy atom. The highest BCUT2D eigenvalue weighted by molar-refractivity contribution is 5.71. The molecule has 63 heavy (non-hydrogen) atoms. The minimum Gasteiger partial charge on any atom is -0.462 e. The Morgan fingerprint density at radius 2 is 0.619 bits per heavy atom. The Hall–Kier alpha value is -3.41. The van der Waals surface area contributed by atoms with E-state index in [2.05, 4.69) is 106 Å².